The third-order valence-corrected chi connectivity index (χ3v) is 3.61. The van der Waals surface area contributed by atoms with E-state index in [1.165, 1.54) is 15.6 Å². The number of hydrogen-bond acceptors (Lipinski definition) is 3. The number of hydrogen-bond donors (Lipinski definition) is 2. The van der Waals surface area contributed by atoms with Gasteiger partial charge in [0.25, 0.3) is 0 Å². The van der Waals surface area contributed by atoms with Crippen molar-refractivity contribution in [3.05, 3.63) is 35.2 Å². The van der Waals surface area contributed by atoms with Gasteiger partial charge in [0.1, 0.15) is 0 Å². The molecule has 0 aliphatic heterocycles. The van der Waals surface area contributed by atoms with Gasteiger partial charge in [-0.3, -0.25) is 0 Å². The van der Waals surface area contributed by atoms with Gasteiger partial charge in [0.15, 0.2) is 0 Å². The Morgan fingerprint density at radius 1 is 1.38 bits per heavy atom. The summed E-state index contributed by atoms with van der Waals surface area (Å²) in [5.74, 6) is 0. The summed E-state index contributed by atoms with van der Waals surface area (Å²) < 4.78 is 1.33. The number of fused-ring (bicyclic) bond motifs is 1. The van der Waals surface area contributed by atoms with Crippen molar-refractivity contribution in [2.75, 3.05) is 13.2 Å². The van der Waals surface area contributed by atoms with Crippen LogP contribution in [0.2, 0.25) is 0 Å². The molecule has 0 aliphatic rings. The Labute approximate surface area is 99.9 Å². The minimum Gasteiger partial charge on any atom is -0.395 e. The first-order valence-electron chi connectivity index (χ1n) is 5.64. The van der Waals surface area contributed by atoms with E-state index < -0.39 is 0 Å². The van der Waals surface area contributed by atoms with Gasteiger partial charge in [-0.15, -0.1) is 11.3 Å². The standard InChI is InChI=1S/C13H17NOS/c1-2-14-12(9-15)8-10-3-4-13-11(7-10)5-6-16-13/h3-7,12,14-15H,2,8-9H2,1H3. The van der Waals surface area contributed by atoms with Crippen LogP contribution < -0.4 is 5.32 Å². The van der Waals surface area contributed by atoms with Crippen LogP contribution in [0.3, 0.4) is 0 Å². The van der Waals surface area contributed by atoms with Gasteiger partial charge in [0.2, 0.25) is 0 Å². The van der Waals surface area contributed by atoms with Gasteiger partial charge in [-0.25, -0.2) is 0 Å². The lowest BCUT2D eigenvalue weighted by atomic mass is 10.1. The number of aliphatic hydroxyl groups is 1. The van der Waals surface area contributed by atoms with Crippen molar-refractivity contribution in [1.82, 2.24) is 5.32 Å². The molecule has 2 nitrogen and oxygen atoms in total. The fourth-order valence-corrected chi connectivity index (χ4v) is 2.69. The maximum atomic E-state index is 9.23. The van der Waals surface area contributed by atoms with Crippen LogP contribution in [-0.2, 0) is 6.42 Å². The third kappa shape index (κ3) is 2.61. The molecule has 1 aromatic carbocycles. The third-order valence-electron chi connectivity index (χ3n) is 2.71. The number of benzene rings is 1. The molecule has 1 heterocycles. The number of aliphatic hydroxyl groups excluding tert-OH is 1. The van der Waals surface area contributed by atoms with Crippen molar-refractivity contribution in [2.45, 2.75) is 19.4 Å². The van der Waals surface area contributed by atoms with Crippen LogP contribution in [0, 0.1) is 0 Å². The molecule has 86 valence electrons. The predicted molar refractivity (Wildman–Crippen MR) is 70.1 cm³/mol. The van der Waals surface area contributed by atoms with Crippen LogP contribution in [0.1, 0.15) is 12.5 Å². The van der Waals surface area contributed by atoms with Crippen molar-refractivity contribution >= 4 is 21.4 Å². The van der Waals surface area contributed by atoms with Crippen LogP contribution in [0.15, 0.2) is 29.6 Å². The molecular formula is C13H17NOS. The summed E-state index contributed by atoms with van der Waals surface area (Å²) in [7, 11) is 0. The minimum absolute atomic E-state index is 0.168. The number of thiophene rings is 1. The highest BCUT2D eigenvalue weighted by Gasteiger charge is 2.07. The Bertz CT molecular complexity index is 452. The van der Waals surface area contributed by atoms with Crippen molar-refractivity contribution in [2.24, 2.45) is 0 Å². The van der Waals surface area contributed by atoms with Crippen molar-refractivity contribution in [3.63, 3.8) is 0 Å². The Morgan fingerprint density at radius 3 is 3.00 bits per heavy atom. The molecular weight excluding hydrogens is 218 g/mol. The van der Waals surface area contributed by atoms with Crippen molar-refractivity contribution in [3.8, 4) is 0 Å². The fraction of sp³-hybridized carbons (Fsp3) is 0.385. The summed E-state index contributed by atoms with van der Waals surface area (Å²) in [6, 6.07) is 8.84. The van der Waals surface area contributed by atoms with E-state index >= 15 is 0 Å². The zero-order chi connectivity index (χ0) is 11.4. The zero-order valence-corrected chi connectivity index (χ0v) is 10.3. The first-order chi connectivity index (χ1) is 7.83. The molecule has 0 fully saturated rings. The topological polar surface area (TPSA) is 32.3 Å². The van der Waals surface area contributed by atoms with E-state index in [0.29, 0.717) is 0 Å². The van der Waals surface area contributed by atoms with E-state index in [1.807, 2.05) is 0 Å². The molecule has 3 heteroatoms. The van der Waals surface area contributed by atoms with Gasteiger partial charge >= 0.3 is 0 Å². The highest BCUT2D eigenvalue weighted by molar-refractivity contribution is 7.17. The Hall–Kier alpha value is -0.900. The maximum Gasteiger partial charge on any atom is 0.0587 e. The van der Waals surface area contributed by atoms with E-state index in [0.717, 1.165) is 13.0 Å². The van der Waals surface area contributed by atoms with E-state index in [4.69, 9.17) is 0 Å². The summed E-state index contributed by atoms with van der Waals surface area (Å²) >= 11 is 1.77. The van der Waals surface area contributed by atoms with Crippen LogP contribution in [0.25, 0.3) is 10.1 Å². The quantitative estimate of drug-likeness (QED) is 0.834. The largest absolute Gasteiger partial charge is 0.395 e. The molecule has 0 amide bonds. The molecule has 0 spiro atoms. The van der Waals surface area contributed by atoms with E-state index in [-0.39, 0.29) is 12.6 Å². The summed E-state index contributed by atoms with van der Waals surface area (Å²) in [5.41, 5.74) is 1.28. The van der Waals surface area contributed by atoms with Crippen molar-refractivity contribution in [1.29, 1.82) is 0 Å². The Kier molecular flexibility index (Phi) is 3.93. The lowest BCUT2D eigenvalue weighted by Gasteiger charge is -2.14. The highest BCUT2D eigenvalue weighted by atomic mass is 32.1. The van der Waals surface area contributed by atoms with Crippen LogP contribution in [0.5, 0.6) is 0 Å². The average molecular weight is 235 g/mol. The maximum absolute atomic E-state index is 9.23. The van der Waals surface area contributed by atoms with E-state index in [1.54, 1.807) is 11.3 Å². The molecule has 0 bridgehead atoms. The first kappa shape index (κ1) is 11.6. The smallest absolute Gasteiger partial charge is 0.0587 e. The molecule has 2 aromatic rings. The van der Waals surface area contributed by atoms with Gasteiger partial charge in [0.05, 0.1) is 6.61 Å². The van der Waals surface area contributed by atoms with Gasteiger partial charge in [-0.2, -0.15) is 0 Å². The predicted octanol–water partition coefficient (Wildman–Crippen LogP) is 2.41. The van der Waals surface area contributed by atoms with E-state index in [9.17, 15) is 5.11 Å². The monoisotopic (exact) mass is 235 g/mol. The number of nitrogens with one attached hydrogen (secondary N) is 1. The highest BCUT2D eigenvalue weighted by Crippen LogP contribution is 2.22. The number of rotatable bonds is 5. The summed E-state index contributed by atoms with van der Waals surface area (Å²) in [6.07, 6.45) is 0.885. The second kappa shape index (κ2) is 5.43. The summed E-state index contributed by atoms with van der Waals surface area (Å²) in [5, 5.41) is 15.9. The molecule has 16 heavy (non-hydrogen) atoms. The Balaban J connectivity index is 2.13. The van der Waals surface area contributed by atoms with Gasteiger partial charge < -0.3 is 10.4 Å². The first-order valence-corrected chi connectivity index (χ1v) is 6.52. The summed E-state index contributed by atoms with van der Waals surface area (Å²) in [6.45, 7) is 3.15. The molecule has 2 N–H and O–H groups in total. The lowest BCUT2D eigenvalue weighted by molar-refractivity contribution is 0.243. The molecule has 1 unspecified atom stereocenters. The SMILES string of the molecule is CCNC(CO)Cc1ccc2sccc2c1. The van der Waals surface area contributed by atoms with Crippen molar-refractivity contribution < 1.29 is 5.11 Å². The molecule has 0 saturated carbocycles. The lowest BCUT2D eigenvalue weighted by Crippen LogP contribution is -2.34. The second-order valence-electron chi connectivity index (χ2n) is 3.93. The van der Waals surface area contributed by atoms with Crippen LogP contribution in [0.4, 0.5) is 0 Å². The molecule has 0 saturated heterocycles. The summed E-state index contributed by atoms with van der Waals surface area (Å²) in [4.78, 5) is 0. The fourth-order valence-electron chi connectivity index (χ4n) is 1.92. The Morgan fingerprint density at radius 2 is 2.25 bits per heavy atom. The molecule has 0 radical (unpaired) electrons. The number of likely N-dealkylation sites (N-methyl/N-ethyl adjacent to an activating group) is 1. The normalized spacial score (nSPS) is 13.1. The van der Waals surface area contributed by atoms with E-state index in [2.05, 4.69) is 41.9 Å². The van der Waals surface area contributed by atoms with Crippen LogP contribution in [-0.4, -0.2) is 24.3 Å². The zero-order valence-electron chi connectivity index (χ0n) is 9.44. The minimum atomic E-state index is 0.168. The second-order valence-corrected chi connectivity index (χ2v) is 4.88. The molecule has 2 rings (SSSR count). The molecule has 1 atom stereocenters. The molecule has 0 aliphatic carbocycles. The average Bonchev–Trinajstić information content (AvgIpc) is 2.75. The van der Waals surface area contributed by atoms with Crippen LogP contribution >= 0.6 is 11.3 Å². The van der Waals surface area contributed by atoms with Gasteiger partial charge in [0, 0.05) is 10.7 Å². The molecule has 1 aromatic heterocycles. The van der Waals surface area contributed by atoms with Gasteiger partial charge in [-0.1, -0.05) is 19.1 Å². The van der Waals surface area contributed by atoms with Gasteiger partial charge in [-0.05, 0) is 41.4 Å².